The zero-order valence-electron chi connectivity index (χ0n) is 19.3. The number of aryl methyl sites for hydroxylation is 2. The Labute approximate surface area is 198 Å². The van der Waals surface area contributed by atoms with Gasteiger partial charge in [-0.3, -0.25) is 14.5 Å². The molecular formula is C27H26N6O. The number of carbonyl (C=O) groups excluding carboxylic acids is 1. The van der Waals surface area contributed by atoms with Crippen LogP contribution in [-0.2, 0) is 20.0 Å². The summed E-state index contributed by atoms with van der Waals surface area (Å²) in [5, 5.41) is 8.63. The van der Waals surface area contributed by atoms with Crippen LogP contribution >= 0.6 is 0 Å². The lowest BCUT2D eigenvalue weighted by molar-refractivity contribution is -0.00304. The van der Waals surface area contributed by atoms with E-state index < -0.39 is 0 Å². The van der Waals surface area contributed by atoms with Gasteiger partial charge in [0.2, 0.25) is 0 Å². The number of benzene rings is 2. The fraction of sp³-hybridized carbons (Fsp3) is 0.259. The molecule has 0 saturated carbocycles. The number of hydrogen-bond acceptors (Lipinski definition) is 5. The van der Waals surface area contributed by atoms with Crippen LogP contribution in [0.25, 0.3) is 11.4 Å². The van der Waals surface area contributed by atoms with Crippen molar-refractivity contribution in [3.63, 3.8) is 0 Å². The van der Waals surface area contributed by atoms with Crippen LogP contribution in [0.1, 0.15) is 38.9 Å². The van der Waals surface area contributed by atoms with Gasteiger partial charge in [0.25, 0.3) is 5.91 Å². The molecule has 2 aliphatic rings. The van der Waals surface area contributed by atoms with Gasteiger partial charge in [0.05, 0.1) is 6.04 Å². The first-order valence-electron chi connectivity index (χ1n) is 11.6. The molecule has 1 aliphatic carbocycles. The number of carbonyl (C=O) groups is 1. The van der Waals surface area contributed by atoms with Crippen molar-refractivity contribution in [3.05, 3.63) is 101 Å². The normalized spacial score (nSPS) is 19.3. The van der Waals surface area contributed by atoms with Gasteiger partial charge in [-0.25, -0.2) is 15.0 Å². The summed E-state index contributed by atoms with van der Waals surface area (Å²) in [5.74, 6) is 1.02. The van der Waals surface area contributed by atoms with Gasteiger partial charge in [0.15, 0.2) is 11.5 Å². The van der Waals surface area contributed by atoms with Gasteiger partial charge in [-0.15, -0.1) is 0 Å². The molecule has 0 radical (unpaired) electrons. The Morgan fingerprint density at radius 1 is 1.03 bits per heavy atom. The highest BCUT2D eigenvalue weighted by Gasteiger charge is 2.47. The topological polar surface area (TPSA) is 67.2 Å². The molecule has 3 heterocycles. The van der Waals surface area contributed by atoms with Crippen molar-refractivity contribution in [3.8, 4) is 11.4 Å². The quantitative estimate of drug-likeness (QED) is 0.471. The Morgan fingerprint density at radius 3 is 2.65 bits per heavy atom. The van der Waals surface area contributed by atoms with E-state index in [2.05, 4.69) is 56.5 Å². The van der Waals surface area contributed by atoms with Crippen molar-refractivity contribution in [2.75, 3.05) is 6.54 Å². The summed E-state index contributed by atoms with van der Waals surface area (Å²) in [4.78, 5) is 22.4. The van der Waals surface area contributed by atoms with Crippen molar-refractivity contribution in [2.24, 2.45) is 13.0 Å². The van der Waals surface area contributed by atoms with Gasteiger partial charge in [-0.1, -0.05) is 42.5 Å². The molecule has 4 aromatic rings. The van der Waals surface area contributed by atoms with Gasteiger partial charge >= 0.3 is 0 Å². The number of rotatable bonds is 4. The zero-order chi connectivity index (χ0) is 23.2. The Morgan fingerprint density at radius 2 is 1.85 bits per heavy atom. The second-order valence-corrected chi connectivity index (χ2v) is 9.16. The monoisotopic (exact) mass is 450 g/mol. The van der Waals surface area contributed by atoms with E-state index in [-0.39, 0.29) is 11.9 Å². The van der Waals surface area contributed by atoms with Crippen molar-refractivity contribution in [1.29, 1.82) is 0 Å². The van der Waals surface area contributed by atoms with E-state index in [1.54, 1.807) is 17.1 Å². The number of amides is 1. The fourth-order valence-corrected chi connectivity index (χ4v) is 5.33. The van der Waals surface area contributed by atoms with Gasteiger partial charge in [-0.2, -0.15) is 5.10 Å². The summed E-state index contributed by atoms with van der Waals surface area (Å²) >= 11 is 0. The second-order valence-electron chi connectivity index (χ2n) is 9.16. The van der Waals surface area contributed by atoms with E-state index in [4.69, 9.17) is 0 Å². The first-order valence-corrected chi connectivity index (χ1v) is 11.6. The molecule has 7 heteroatoms. The molecule has 1 amide bonds. The third kappa shape index (κ3) is 3.49. The molecule has 0 bridgehead atoms. The molecule has 6 rings (SSSR count). The maximum absolute atomic E-state index is 13.6. The minimum absolute atomic E-state index is 0.0434. The van der Waals surface area contributed by atoms with Crippen molar-refractivity contribution in [1.82, 2.24) is 29.8 Å². The highest BCUT2D eigenvalue weighted by atomic mass is 16.2. The molecule has 1 saturated heterocycles. The molecule has 0 spiro atoms. The maximum Gasteiger partial charge on any atom is 0.288 e. The number of aromatic nitrogens is 4. The Bertz CT molecular complexity index is 1350. The molecule has 0 unspecified atom stereocenters. The molecule has 1 fully saturated rings. The summed E-state index contributed by atoms with van der Waals surface area (Å²) < 4.78 is 1.76. The molecule has 2 aromatic carbocycles. The SMILES string of the molecule is Cc1cc(C(=O)N2C[C@@H]3Cc4ccccc4[C@@H]3N2Cc2cccc(-c3ncccn3)c2)nn1C. The van der Waals surface area contributed by atoms with Crippen LogP contribution in [0.15, 0.2) is 73.1 Å². The summed E-state index contributed by atoms with van der Waals surface area (Å²) in [6, 6.07) is 20.8. The highest BCUT2D eigenvalue weighted by Crippen LogP contribution is 2.46. The van der Waals surface area contributed by atoms with Gasteiger partial charge in [-0.05, 0) is 48.2 Å². The van der Waals surface area contributed by atoms with E-state index in [1.807, 2.05) is 43.2 Å². The van der Waals surface area contributed by atoms with Crippen molar-refractivity contribution in [2.45, 2.75) is 25.9 Å². The third-order valence-electron chi connectivity index (χ3n) is 7.00. The van der Waals surface area contributed by atoms with Crippen LogP contribution in [0.5, 0.6) is 0 Å². The first-order chi connectivity index (χ1) is 16.6. The molecule has 170 valence electrons. The average molecular weight is 451 g/mol. The number of nitrogens with zero attached hydrogens (tertiary/aromatic N) is 6. The molecule has 7 nitrogen and oxygen atoms in total. The van der Waals surface area contributed by atoms with Crippen LogP contribution in [0.3, 0.4) is 0 Å². The smallest absolute Gasteiger partial charge is 0.272 e. The van der Waals surface area contributed by atoms with E-state index in [0.717, 1.165) is 23.2 Å². The Hall–Kier alpha value is -3.84. The minimum Gasteiger partial charge on any atom is -0.272 e. The molecule has 2 atom stereocenters. The minimum atomic E-state index is -0.0434. The van der Waals surface area contributed by atoms with Crippen LogP contribution in [0, 0.1) is 12.8 Å². The molecule has 34 heavy (non-hydrogen) atoms. The summed E-state index contributed by atoms with van der Waals surface area (Å²) in [5.41, 5.74) is 6.25. The fourth-order valence-electron chi connectivity index (χ4n) is 5.33. The average Bonchev–Trinajstić information content (AvgIpc) is 3.51. The predicted octanol–water partition coefficient (Wildman–Crippen LogP) is 3.97. The van der Waals surface area contributed by atoms with Crippen LogP contribution in [0.4, 0.5) is 0 Å². The largest absolute Gasteiger partial charge is 0.288 e. The summed E-state index contributed by atoms with van der Waals surface area (Å²) in [7, 11) is 1.87. The lowest BCUT2D eigenvalue weighted by Crippen LogP contribution is -2.42. The number of hydrazine groups is 1. The van der Waals surface area contributed by atoms with E-state index in [9.17, 15) is 4.79 Å². The third-order valence-corrected chi connectivity index (χ3v) is 7.00. The summed E-state index contributed by atoms with van der Waals surface area (Å²) in [6.07, 6.45) is 4.50. The molecule has 2 aromatic heterocycles. The van der Waals surface area contributed by atoms with Crippen molar-refractivity contribution >= 4 is 5.91 Å². The van der Waals surface area contributed by atoms with Crippen LogP contribution in [0.2, 0.25) is 0 Å². The van der Waals surface area contributed by atoms with E-state index >= 15 is 0 Å². The summed E-state index contributed by atoms with van der Waals surface area (Å²) in [6.45, 7) is 3.27. The first kappa shape index (κ1) is 20.7. The molecule has 0 N–H and O–H groups in total. The lowest BCUT2D eigenvalue weighted by Gasteiger charge is -2.32. The van der Waals surface area contributed by atoms with Gasteiger partial charge in [0.1, 0.15) is 0 Å². The van der Waals surface area contributed by atoms with Gasteiger partial charge < -0.3 is 0 Å². The lowest BCUT2D eigenvalue weighted by atomic mass is 10.0. The molecular weight excluding hydrogens is 424 g/mol. The number of hydrogen-bond donors (Lipinski definition) is 0. The zero-order valence-corrected chi connectivity index (χ0v) is 19.3. The van der Waals surface area contributed by atoms with Crippen molar-refractivity contribution < 1.29 is 4.79 Å². The Balaban J connectivity index is 1.37. The number of fused-ring (bicyclic) bond motifs is 3. The van der Waals surface area contributed by atoms with E-state index in [0.29, 0.717) is 30.5 Å². The Kier molecular flexibility index (Phi) is 4.99. The van der Waals surface area contributed by atoms with Crippen LogP contribution < -0.4 is 0 Å². The standard InChI is InChI=1S/C27H26N6O/c1-18-13-24(30-31(18)2)27(34)33-17-22-15-20-8-3-4-10-23(20)25(22)32(33)16-19-7-5-9-21(14-19)26-28-11-6-12-29-26/h3-14,22,25H,15-17H2,1-2H3/t22-,25+/m0/s1. The second kappa shape index (κ2) is 8.18. The van der Waals surface area contributed by atoms with Gasteiger partial charge in [0, 0.05) is 49.7 Å². The van der Waals surface area contributed by atoms with E-state index in [1.165, 1.54) is 11.1 Å². The highest BCUT2D eigenvalue weighted by molar-refractivity contribution is 5.92. The molecule has 1 aliphatic heterocycles. The van der Waals surface area contributed by atoms with Crippen LogP contribution in [-0.4, -0.2) is 42.2 Å². The predicted molar refractivity (Wildman–Crippen MR) is 128 cm³/mol. The maximum atomic E-state index is 13.6.